The highest BCUT2D eigenvalue weighted by molar-refractivity contribution is 5.90. The number of nitrogens with one attached hydrogen (secondary N) is 1. The van der Waals surface area contributed by atoms with Gasteiger partial charge in [-0.25, -0.2) is 0 Å². The quantitative estimate of drug-likeness (QED) is 0.825. The van der Waals surface area contributed by atoms with Crippen LogP contribution in [0.4, 0.5) is 0 Å². The average Bonchev–Trinajstić information content (AvgIpc) is 3.02. The van der Waals surface area contributed by atoms with Crippen LogP contribution in [0.3, 0.4) is 0 Å². The number of aromatic nitrogens is 4. The van der Waals surface area contributed by atoms with Crippen molar-refractivity contribution in [2.75, 3.05) is 6.54 Å². The Morgan fingerprint density at radius 1 is 1.40 bits per heavy atom. The van der Waals surface area contributed by atoms with Crippen molar-refractivity contribution >= 4 is 5.91 Å². The van der Waals surface area contributed by atoms with E-state index in [9.17, 15) is 4.79 Å². The fourth-order valence-electron chi connectivity index (χ4n) is 3.31. The first kappa shape index (κ1) is 16.3. The smallest absolute Gasteiger partial charge is 0.292 e. The van der Waals surface area contributed by atoms with Crippen molar-refractivity contribution in [2.24, 2.45) is 0 Å². The molecule has 8 nitrogen and oxygen atoms in total. The number of rotatable bonds is 7. The third-order valence-electron chi connectivity index (χ3n) is 4.73. The molecule has 1 aliphatic carbocycles. The van der Waals surface area contributed by atoms with Gasteiger partial charge in [-0.05, 0) is 38.6 Å². The van der Waals surface area contributed by atoms with Gasteiger partial charge >= 0.3 is 0 Å². The molecule has 1 saturated heterocycles. The lowest BCUT2D eigenvalue weighted by molar-refractivity contribution is 0.0937. The Kier molecular flexibility index (Phi) is 4.52. The van der Waals surface area contributed by atoms with E-state index in [1.54, 1.807) is 0 Å². The first-order chi connectivity index (χ1) is 12.2. The van der Waals surface area contributed by atoms with E-state index in [4.69, 9.17) is 4.52 Å². The molecule has 1 aliphatic heterocycles. The molecule has 1 atom stereocenters. The lowest BCUT2D eigenvalue weighted by atomic mass is 10.2. The van der Waals surface area contributed by atoms with Crippen LogP contribution in [-0.2, 0) is 13.1 Å². The third kappa shape index (κ3) is 3.73. The molecular formula is C17H24N6O2. The highest BCUT2D eigenvalue weighted by Crippen LogP contribution is 2.32. The van der Waals surface area contributed by atoms with Gasteiger partial charge in [-0.15, -0.1) is 0 Å². The van der Waals surface area contributed by atoms with E-state index >= 15 is 0 Å². The molecule has 8 heteroatoms. The van der Waals surface area contributed by atoms with Crippen molar-refractivity contribution in [1.82, 2.24) is 30.1 Å². The second-order valence-electron chi connectivity index (χ2n) is 6.94. The Hall–Kier alpha value is -2.22. The zero-order valence-corrected chi connectivity index (χ0v) is 14.5. The summed E-state index contributed by atoms with van der Waals surface area (Å²) in [6.07, 6.45) is 9.22. The van der Waals surface area contributed by atoms with Crippen LogP contribution in [0.5, 0.6) is 0 Å². The summed E-state index contributed by atoms with van der Waals surface area (Å²) in [6.45, 7) is 4.87. The topological polar surface area (TPSA) is 89.1 Å². The fraction of sp³-hybridized carbons (Fsp3) is 0.647. The SMILES string of the molecule is CCCn1cc(CN2CCCC2c2nc(C(=O)NC3CC3)no2)cn1. The van der Waals surface area contributed by atoms with E-state index in [0.717, 1.165) is 51.7 Å². The normalized spacial score (nSPS) is 20.9. The van der Waals surface area contributed by atoms with Gasteiger partial charge in [-0.1, -0.05) is 12.1 Å². The number of hydrogen-bond acceptors (Lipinski definition) is 6. The third-order valence-corrected chi connectivity index (χ3v) is 4.73. The second kappa shape index (κ2) is 6.95. The number of carbonyl (C=O) groups is 1. The van der Waals surface area contributed by atoms with E-state index in [0.29, 0.717) is 5.89 Å². The first-order valence-electron chi connectivity index (χ1n) is 9.13. The van der Waals surface area contributed by atoms with E-state index in [1.165, 1.54) is 5.56 Å². The van der Waals surface area contributed by atoms with E-state index in [-0.39, 0.29) is 23.8 Å². The fourth-order valence-corrected chi connectivity index (χ4v) is 3.31. The lowest BCUT2D eigenvalue weighted by Gasteiger charge is -2.20. The number of nitrogens with zero attached hydrogens (tertiary/aromatic N) is 5. The highest BCUT2D eigenvalue weighted by Gasteiger charge is 2.32. The molecule has 1 saturated carbocycles. The maximum absolute atomic E-state index is 12.0. The zero-order valence-electron chi connectivity index (χ0n) is 14.5. The summed E-state index contributed by atoms with van der Waals surface area (Å²) in [5.41, 5.74) is 1.19. The van der Waals surface area contributed by atoms with Crippen LogP contribution in [0.1, 0.15) is 67.1 Å². The van der Waals surface area contributed by atoms with E-state index in [2.05, 4.69) is 38.6 Å². The lowest BCUT2D eigenvalue weighted by Crippen LogP contribution is -2.26. The minimum Gasteiger partial charge on any atom is -0.346 e. The Labute approximate surface area is 146 Å². The summed E-state index contributed by atoms with van der Waals surface area (Å²) in [4.78, 5) is 18.7. The van der Waals surface area contributed by atoms with Crippen LogP contribution in [-0.4, -0.2) is 43.3 Å². The second-order valence-corrected chi connectivity index (χ2v) is 6.94. The predicted molar refractivity (Wildman–Crippen MR) is 89.7 cm³/mol. The Balaban J connectivity index is 1.41. The monoisotopic (exact) mass is 344 g/mol. The molecule has 3 heterocycles. The Morgan fingerprint density at radius 3 is 3.08 bits per heavy atom. The molecule has 0 radical (unpaired) electrons. The summed E-state index contributed by atoms with van der Waals surface area (Å²) < 4.78 is 7.38. The molecule has 0 bridgehead atoms. The van der Waals surface area contributed by atoms with Crippen LogP contribution >= 0.6 is 0 Å². The van der Waals surface area contributed by atoms with Crippen LogP contribution in [0, 0.1) is 0 Å². The number of carbonyl (C=O) groups excluding carboxylic acids is 1. The van der Waals surface area contributed by atoms with Gasteiger partial charge in [0.1, 0.15) is 0 Å². The molecule has 2 aromatic rings. The summed E-state index contributed by atoms with van der Waals surface area (Å²) in [6, 6.07) is 0.363. The van der Waals surface area contributed by atoms with Crippen LogP contribution in [0.2, 0.25) is 0 Å². The minimum absolute atomic E-state index is 0.0736. The zero-order chi connectivity index (χ0) is 17.2. The molecule has 2 aromatic heterocycles. The standard InChI is InChI=1S/C17H24N6O2/c1-2-7-23-11-12(9-18-23)10-22-8-3-4-14(22)17-20-15(21-25-17)16(24)19-13-5-6-13/h9,11,13-14H,2-8,10H2,1H3,(H,19,24). The van der Waals surface area contributed by atoms with Gasteiger partial charge in [0.25, 0.3) is 11.7 Å². The van der Waals surface area contributed by atoms with Crippen molar-refractivity contribution in [3.8, 4) is 0 Å². The van der Waals surface area contributed by atoms with Gasteiger partial charge in [-0.2, -0.15) is 10.1 Å². The molecule has 0 spiro atoms. The van der Waals surface area contributed by atoms with Crippen molar-refractivity contribution in [3.63, 3.8) is 0 Å². The van der Waals surface area contributed by atoms with Gasteiger partial charge in [-0.3, -0.25) is 14.4 Å². The predicted octanol–water partition coefficient (Wildman–Crippen LogP) is 1.91. The summed E-state index contributed by atoms with van der Waals surface area (Å²) in [5, 5.41) is 11.2. The van der Waals surface area contributed by atoms with Crippen molar-refractivity contribution in [1.29, 1.82) is 0 Å². The molecule has 25 heavy (non-hydrogen) atoms. The molecule has 1 amide bonds. The molecule has 134 valence electrons. The van der Waals surface area contributed by atoms with E-state index < -0.39 is 0 Å². The Morgan fingerprint density at radius 2 is 2.28 bits per heavy atom. The first-order valence-corrected chi connectivity index (χ1v) is 9.13. The molecule has 2 aliphatic rings. The molecular weight excluding hydrogens is 320 g/mol. The molecule has 1 unspecified atom stereocenters. The van der Waals surface area contributed by atoms with Crippen LogP contribution in [0.25, 0.3) is 0 Å². The summed E-state index contributed by atoms with van der Waals surface area (Å²) >= 11 is 0. The van der Waals surface area contributed by atoms with Gasteiger partial charge in [0.2, 0.25) is 5.89 Å². The molecule has 2 fully saturated rings. The van der Waals surface area contributed by atoms with Crippen molar-refractivity contribution in [3.05, 3.63) is 29.7 Å². The van der Waals surface area contributed by atoms with Gasteiger partial charge in [0.15, 0.2) is 0 Å². The van der Waals surface area contributed by atoms with Crippen LogP contribution < -0.4 is 5.32 Å². The molecule has 1 N–H and O–H groups in total. The highest BCUT2D eigenvalue weighted by atomic mass is 16.5. The number of aryl methyl sites for hydroxylation is 1. The average molecular weight is 344 g/mol. The number of hydrogen-bond donors (Lipinski definition) is 1. The van der Waals surface area contributed by atoms with Gasteiger partial charge in [0, 0.05) is 30.9 Å². The maximum Gasteiger partial charge on any atom is 0.292 e. The minimum atomic E-state index is -0.233. The van der Waals surface area contributed by atoms with Crippen LogP contribution in [0.15, 0.2) is 16.9 Å². The van der Waals surface area contributed by atoms with Crippen molar-refractivity contribution in [2.45, 2.75) is 64.2 Å². The van der Waals surface area contributed by atoms with E-state index in [1.807, 2.05) is 10.9 Å². The van der Waals surface area contributed by atoms with Gasteiger partial charge < -0.3 is 9.84 Å². The summed E-state index contributed by atoms with van der Waals surface area (Å²) in [5.74, 6) is 0.451. The molecule has 4 rings (SSSR count). The maximum atomic E-state index is 12.0. The number of amides is 1. The molecule has 0 aromatic carbocycles. The largest absolute Gasteiger partial charge is 0.346 e. The summed E-state index contributed by atoms with van der Waals surface area (Å²) in [7, 11) is 0. The van der Waals surface area contributed by atoms with Gasteiger partial charge in [0.05, 0.1) is 12.2 Å². The van der Waals surface area contributed by atoms with Crippen molar-refractivity contribution < 1.29 is 9.32 Å². The Bertz CT molecular complexity index is 735. The number of likely N-dealkylation sites (tertiary alicyclic amines) is 1.